The zero-order valence-corrected chi connectivity index (χ0v) is 15.0. The molecule has 0 spiro atoms. The number of non-ortho nitro benzene ring substituents is 1. The number of carbonyl (C=O) groups is 1. The van der Waals surface area contributed by atoms with Crippen molar-refractivity contribution in [2.24, 2.45) is 0 Å². The Balaban J connectivity index is 0.000000272. The predicted octanol–water partition coefficient (Wildman–Crippen LogP) is 3.78. The van der Waals surface area contributed by atoms with Crippen LogP contribution in [0.2, 0.25) is 0 Å². The van der Waals surface area contributed by atoms with Crippen molar-refractivity contribution in [2.45, 2.75) is 19.2 Å². The van der Waals surface area contributed by atoms with Gasteiger partial charge in [-0.1, -0.05) is 6.07 Å². The van der Waals surface area contributed by atoms with Gasteiger partial charge in [-0.05, 0) is 30.3 Å². The maximum absolute atomic E-state index is 12.7. The van der Waals surface area contributed by atoms with Crippen LogP contribution in [0.25, 0.3) is 0 Å². The lowest BCUT2D eigenvalue weighted by molar-refractivity contribution is -0.388. The minimum absolute atomic E-state index is 0.197. The van der Waals surface area contributed by atoms with E-state index in [2.05, 4.69) is 5.32 Å². The van der Waals surface area contributed by atoms with Crippen molar-refractivity contribution in [3.63, 3.8) is 0 Å². The van der Waals surface area contributed by atoms with Crippen molar-refractivity contribution in [1.29, 1.82) is 0 Å². The average molecular weight is 413 g/mol. The molecule has 0 saturated carbocycles. The third-order valence-electron chi connectivity index (χ3n) is 3.99. The SMILES string of the molecule is COC(C)C(=O)Nc1ccc([N+](=O)[O-])c(C(F)(F)F)c1.O=[N+]([O-])c1cc2ccc1=2. The van der Waals surface area contributed by atoms with Crippen molar-refractivity contribution < 1.29 is 32.5 Å². The first-order valence-electron chi connectivity index (χ1n) is 7.93. The number of benzene rings is 2. The molecule has 0 radical (unpaired) electrons. The summed E-state index contributed by atoms with van der Waals surface area (Å²) in [4.78, 5) is 30.6. The maximum atomic E-state index is 12.7. The van der Waals surface area contributed by atoms with Gasteiger partial charge in [-0.2, -0.15) is 13.2 Å². The maximum Gasteiger partial charge on any atom is 0.423 e. The highest BCUT2D eigenvalue weighted by atomic mass is 19.4. The first-order valence-corrected chi connectivity index (χ1v) is 7.93. The van der Waals surface area contributed by atoms with Gasteiger partial charge in [-0.3, -0.25) is 25.0 Å². The van der Waals surface area contributed by atoms with E-state index in [4.69, 9.17) is 4.74 Å². The third-order valence-corrected chi connectivity index (χ3v) is 3.99. The summed E-state index contributed by atoms with van der Waals surface area (Å²) in [5, 5.41) is 24.6. The number of halogens is 3. The molecule has 1 atom stereocenters. The van der Waals surface area contributed by atoms with E-state index in [1.165, 1.54) is 14.0 Å². The van der Waals surface area contributed by atoms with E-state index in [9.17, 15) is 38.2 Å². The number of ether oxygens (including phenoxy) is 1. The number of anilines is 1. The Morgan fingerprint density at radius 2 is 1.69 bits per heavy atom. The van der Waals surface area contributed by atoms with Gasteiger partial charge in [-0.25, -0.2) is 0 Å². The fraction of sp³-hybridized carbons (Fsp3) is 0.235. The lowest BCUT2D eigenvalue weighted by Gasteiger charge is -2.12. The monoisotopic (exact) mass is 413 g/mol. The Bertz CT molecular complexity index is 1070. The Hall–Kier alpha value is -3.54. The van der Waals surface area contributed by atoms with Crippen LogP contribution in [0.4, 0.5) is 30.2 Å². The van der Waals surface area contributed by atoms with Crippen LogP contribution in [0.1, 0.15) is 12.5 Å². The van der Waals surface area contributed by atoms with Crippen LogP contribution < -0.4 is 5.32 Å². The number of rotatable bonds is 5. The number of hydrogen-bond donors (Lipinski definition) is 1. The number of carbonyl (C=O) groups excluding carboxylic acids is 1. The molecule has 0 heterocycles. The Morgan fingerprint density at radius 3 is 2.03 bits per heavy atom. The number of nitrogens with one attached hydrogen (secondary N) is 1. The van der Waals surface area contributed by atoms with Crippen molar-refractivity contribution in [3.05, 3.63) is 72.6 Å². The zero-order chi connectivity index (χ0) is 21.9. The predicted molar refractivity (Wildman–Crippen MR) is 94.0 cm³/mol. The van der Waals surface area contributed by atoms with E-state index in [1.54, 1.807) is 12.1 Å². The lowest BCUT2D eigenvalue weighted by Crippen LogP contribution is -2.26. The van der Waals surface area contributed by atoms with Gasteiger partial charge >= 0.3 is 6.18 Å². The van der Waals surface area contributed by atoms with Crippen LogP contribution in [-0.4, -0.2) is 29.0 Å². The van der Waals surface area contributed by atoms with Gasteiger partial charge in [0.2, 0.25) is 0 Å². The molecular weight excluding hydrogens is 399 g/mol. The number of nitro groups is 2. The molecule has 2 aliphatic carbocycles. The molecule has 12 heteroatoms. The van der Waals surface area contributed by atoms with Gasteiger partial charge < -0.3 is 10.1 Å². The highest BCUT2D eigenvalue weighted by Crippen LogP contribution is 2.37. The molecule has 3 rings (SSSR count). The number of hydrogen-bond acceptors (Lipinski definition) is 6. The molecule has 2 aliphatic rings. The standard InChI is InChI=1S/C11H11F3N2O4.C6H3NO2/c1-6(20-2)10(17)15-7-3-4-9(16(18)19)8(5-7)11(12,13)14;8-7(9)6-3-4-1-2-5(4)6/h3-6H,1-2H3,(H,15,17);1-3H. The molecule has 0 saturated heterocycles. The molecule has 154 valence electrons. The molecule has 1 amide bonds. The van der Waals surface area contributed by atoms with E-state index >= 15 is 0 Å². The number of alkyl halides is 3. The highest BCUT2D eigenvalue weighted by molar-refractivity contribution is 5.94. The minimum Gasteiger partial charge on any atom is -0.372 e. The van der Waals surface area contributed by atoms with Crippen LogP contribution in [0.5, 0.6) is 0 Å². The van der Waals surface area contributed by atoms with Gasteiger partial charge in [0.05, 0.1) is 15.1 Å². The molecule has 9 nitrogen and oxygen atoms in total. The molecule has 0 fully saturated rings. The molecular formula is C17H14F3N3O6. The molecule has 0 aliphatic heterocycles. The number of nitrogens with zero attached hydrogens (tertiary/aromatic N) is 2. The molecule has 1 N–H and O–H groups in total. The summed E-state index contributed by atoms with van der Waals surface area (Å²) in [6.45, 7) is 1.41. The fourth-order valence-corrected chi connectivity index (χ4v) is 2.27. The van der Waals surface area contributed by atoms with Crippen molar-refractivity contribution in [3.8, 4) is 0 Å². The summed E-state index contributed by atoms with van der Waals surface area (Å²) < 4.78 is 42.8. The topological polar surface area (TPSA) is 125 Å². The van der Waals surface area contributed by atoms with Crippen LogP contribution in [0.3, 0.4) is 0 Å². The van der Waals surface area contributed by atoms with E-state index in [1.807, 2.05) is 6.07 Å². The van der Waals surface area contributed by atoms with Crippen LogP contribution in [0, 0.1) is 30.7 Å². The van der Waals surface area contributed by atoms with Gasteiger partial charge in [0.1, 0.15) is 11.7 Å². The fourth-order valence-electron chi connectivity index (χ4n) is 2.27. The van der Waals surface area contributed by atoms with E-state index in [0.29, 0.717) is 12.1 Å². The second-order valence-corrected chi connectivity index (χ2v) is 5.84. The normalized spacial score (nSPS) is 12.3. The smallest absolute Gasteiger partial charge is 0.372 e. The first kappa shape index (κ1) is 21.8. The zero-order valence-electron chi connectivity index (χ0n) is 15.0. The molecule has 0 bridgehead atoms. The van der Waals surface area contributed by atoms with Gasteiger partial charge in [0.15, 0.2) is 0 Å². The van der Waals surface area contributed by atoms with Gasteiger partial charge in [0.25, 0.3) is 17.3 Å². The third kappa shape index (κ3) is 4.85. The number of methoxy groups -OCH3 is 1. The largest absolute Gasteiger partial charge is 0.423 e. The molecule has 1 unspecified atom stereocenters. The lowest BCUT2D eigenvalue weighted by atomic mass is 10.1. The summed E-state index contributed by atoms with van der Waals surface area (Å²) in [6, 6.07) is 7.42. The molecule has 1 aromatic carbocycles. The Morgan fingerprint density at radius 1 is 1.07 bits per heavy atom. The van der Waals surface area contributed by atoms with Crippen molar-refractivity contribution >= 4 is 23.0 Å². The van der Waals surface area contributed by atoms with E-state index < -0.39 is 34.4 Å². The summed E-state index contributed by atoms with van der Waals surface area (Å²) >= 11 is 0. The molecule has 1 aromatic rings. The van der Waals surface area contributed by atoms with Crippen LogP contribution >= 0.6 is 0 Å². The second-order valence-electron chi connectivity index (χ2n) is 5.84. The summed E-state index contributed by atoms with van der Waals surface area (Å²) in [6.07, 6.45) is -5.75. The highest BCUT2D eigenvalue weighted by Gasteiger charge is 2.38. The van der Waals surface area contributed by atoms with Gasteiger partial charge in [-0.15, -0.1) is 0 Å². The Labute approximate surface area is 160 Å². The summed E-state index contributed by atoms with van der Waals surface area (Å²) in [5.41, 5.74) is -2.44. The quantitative estimate of drug-likeness (QED) is 0.501. The molecule has 0 aromatic heterocycles. The first-order chi connectivity index (χ1) is 13.5. The van der Waals surface area contributed by atoms with E-state index in [0.717, 1.165) is 16.5 Å². The minimum atomic E-state index is -4.89. The number of amides is 1. The Kier molecular flexibility index (Phi) is 6.17. The van der Waals surface area contributed by atoms with Crippen molar-refractivity contribution in [2.75, 3.05) is 12.4 Å². The second kappa shape index (κ2) is 8.22. The number of nitro benzene ring substituents is 2. The van der Waals surface area contributed by atoms with Crippen molar-refractivity contribution in [1.82, 2.24) is 0 Å². The summed E-state index contributed by atoms with van der Waals surface area (Å²) in [5.74, 6) is -0.658. The van der Waals surface area contributed by atoms with Crippen LogP contribution in [0.15, 0.2) is 36.4 Å². The molecule has 29 heavy (non-hydrogen) atoms. The van der Waals surface area contributed by atoms with Crippen LogP contribution in [-0.2, 0) is 15.7 Å². The average Bonchev–Trinajstić information content (AvgIpc) is 2.62. The van der Waals surface area contributed by atoms with Gasteiger partial charge in [0, 0.05) is 24.9 Å². The van der Waals surface area contributed by atoms with E-state index in [-0.39, 0.29) is 16.3 Å². The summed E-state index contributed by atoms with van der Waals surface area (Å²) in [7, 11) is 1.27.